The number of carbonyl (C=O) groups excluding carboxylic acids is 4. The third kappa shape index (κ3) is 10.7. The minimum Gasteiger partial charge on any atom is -0.459 e. The maximum atomic E-state index is 13.2. The van der Waals surface area contributed by atoms with E-state index in [9.17, 15) is 19.2 Å². The summed E-state index contributed by atoms with van der Waals surface area (Å²) >= 11 is 0. The number of nitrogens with one attached hydrogen (secondary N) is 3. The van der Waals surface area contributed by atoms with Crippen LogP contribution >= 0.6 is 0 Å². The van der Waals surface area contributed by atoms with Gasteiger partial charge in [-0.3, -0.25) is 9.59 Å². The summed E-state index contributed by atoms with van der Waals surface area (Å²) in [5, 5.41) is 8.06. The first-order valence-electron chi connectivity index (χ1n) is 12.4. The molecule has 0 radical (unpaired) electrons. The molecule has 0 aliphatic carbocycles. The van der Waals surface area contributed by atoms with Crippen LogP contribution in [0.4, 0.5) is 4.79 Å². The van der Waals surface area contributed by atoms with Gasteiger partial charge in [-0.2, -0.15) is 0 Å². The zero-order chi connectivity index (χ0) is 27.6. The molecule has 0 aliphatic rings. The van der Waals surface area contributed by atoms with E-state index in [1.54, 1.807) is 62.3 Å². The minimum absolute atomic E-state index is 0.0928. The number of amides is 3. The number of carbonyl (C=O) groups is 4. The van der Waals surface area contributed by atoms with Crippen molar-refractivity contribution in [2.45, 2.75) is 92.6 Å². The number of rotatable bonds is 11. The first kappa shape index (κ1) is 30.9. The maximum absolute atomic E-state index is 13.2. The van der Waals surface area contributed by atoms with Crippen molar-refractivity contribution in [1.82, 2.24) is 16.0 Å². The van der Waals surface area contributed by atoms with E-state index in [1.807, 2.05) is 30.3 Å². The third-order valence-corrected chi connectivity index (χ3v) is 5.31. The van der Waals surface area contributed by atoms with Crippen LogP contribution in [0, 0.1) is 17.8 Å². The Morgan fingerprint density at radius 3 is 1.61 bits per heavy atom. The molecule has 1 aromatic carbocycles. The van der Waals surface area contributed by atoms with Crippen LogP contribution < -0.4 is 16.0 Å². The highest BCUT2D eigenvalue weighted by molar-refractivity contribution is 5.93. The van der Waals surface area contributed by atoms with Gasteiger partial charge in [0, 0.05) is 0 Å². The van der Waals surface area contributed by atoms with Crippen LogP contribution in [-0.2, 0) is 30.5 Å². The Morgan fingerprint density at radius 1 is 0.722 bits per heavy atom. The zero-order valence-electron chi connectivity index (χ0n) is 23.0. The second-order valence-electron chi connectivity index (χ2n) is 10.9. The summed E-state index contributed by atoms with van der Waals surface area (Å²) in [6, 6.07) is 6.53. The summed E-state index contributed by atoms with van der Waals surface area (Å²) < 4.78 is 10.7. The van der Waals surface area contributed by atoms with E-state index in [4.69, 9.17) is 9.47 Å². The van der Waals surface area contributed by atoms with Crippen molar-refractivity contribution in [3.8, 4) is 0 Å². The van der Waals surface area contributed by atoms with Crippen molar-refractivity contribution >= 4 is 23.9 Å². The highest BCUT2D eigenvalue weighted by Gasteiger charge is 2.34. The fraction of sp³-hybridized carbons (Fsp3) is 0.630. The van der Waals surface area contributed by atoms with Crippen molar-refractivity contribution in [2.24, 2.45) is 17.8 Å². The van der Waals surface area contributed by atoms with Crippen LogP contribution in [0.1, 0.15) is 67.9 Å². The predicted molar refractivity (Wildman–Crippen MR) is 138 cm³/mol. The third-order valence-electron chi connectivity index (χ3n) is 5.31. The summed E-state index contributed by atoms with van der Waals surface area (Å²) in [7, 11) is 0. The van der Waals surface area contributed by atoms with E-state index in [0.717, 1.165) is 5.56 Å². The van der Waals surface area contributed by atoms with E-state index >= 15 is 0 Å². The number of esters is 1. The molecule has 3 amide bonds. The van der Waals surface area contributed by atoms with Crippen LogP contribution in [-0.4, -0.2) is 47.6 Å². The summed E-state index contributed by atoms with van der Waals surface area (Å²) in [5.74, 6) is -2.35. The topological polar surface area (TPSA) is 123 Å². The number of alkyl carbamates (subject to hydrolysis) is 1. The highest BCUT2D eigenvalue weighted by atomic mass is 16.6. The van der Waals surface area contributed by atoms with Crippen molar-refractivity contribution in [2.75, 3.05) is 0 Å². The van der Waals surface area contributed by atoms with Crippen LogP contribution in [0.3, 0.4) is 0 Å². The molecule has 0 unspecified atom stereocenters. The summed E-state index contributed by atoms with van der Waals surface area (Å²) in [6.45, 7) is 16.0. The normalized spacial score (nSPS) is 14.1. The van der Waals surface area contributed by atoms with Crippen LogP contribution in [0.5, 0.6) is 0 Å². The quantitative estimate of drug-likeness (QED) is 0.395. The first-order chi connectivity index (χ1) is 16.6. The van der Waals surface area contributed by atoms with Gasteiger partial charge in [0.05, 0.1) is 0 Å². The molecule has 36 heavy (non-hydrogen) atoms. The second kappa shape index (κ2) is 13.8. The molecule has 0 aromatic heterocycles. The molecule has 0 aliphatic heterocycles. The molecular formula is C27H43N3O6. The molecule has 202 valence electrons. The summed E-state index contributed by atoms with van der Waals surface area (Å²) in [6.07, 6.45) is -0.720. The molecule has 3 N–H and O–H groups in total. The number of ether oxygens (including phenoxy) is 2. The van der Waals surface area contributed by atoms with Gasteiger partial charge < -0.3 is 25.4 Å². The van der Waals surface area contributed by atoms with E-state index in [1.165, 1.54) is 0 Å². The minimum atomic E-state index is -0.928. The zero-order valence-corrected chi connectivity index (χ0v) is 23.0. The van der Waals surface area contributed by atoms with Crippen molar-refractivity contribution in [1.29, 1.82) is 0 Å². The molecule has 9 nitrogen and oxygen atoms in total. The Kier molecular flexibility index (Phi) is 11.9. The van der Waals surface area contributed by atoms with Crippen LogP contribution in [0.25, 0.3) is 0 Å². The molecular weight excluding hydrogens is 462 g/mol. The van der Waals surface area contributed by atoms with E-state index in [2.05, 4.69) is 16.0 Å². The smallest absolute Gasteiger partial charge is 0.408 e. The monoisotopic (exact) mass is 505 g/mol. The molecule has 1 rings (SSSR count). The SMILES string of the molecule is CC(C)[C@H](NC(=O)OC(C)(C)C)C(=O)N[C@H](C(=O)N[C@H](C(=O)OCc1ccccc1)C(C)C)C(C)C. The Labute approximate surface area is 215 Å². The van der Waals surface area contributed by atoms with E-state index < -0.39 is 47.6 Å². The molecule has 0 bridgehead atoms. The lowest BCUT2D eigenvalue weighted by molar-refractivity contribution is -0.150. The molecule has 9 heteroatoms. The van der Waals surface area contributed by atoms with Gasteiger partial charge in [-0.25, -0.2) is 9.59 Å². The average molecular weight is 506 g/mol. The van der Waals surface area contributed by atoms with Gasteiger partial charge in [-0.1, -0.05) is 71.9 Å². The average Bonchev–Trinajstić information content (AvgIpc) is 2.76. The van der Waals surface area contributed by atoms with Gasteiger partial charge in [0.25, 0.3) is 0 Å². The lowest BCUT2D eigenvalue weighted by Crippen LogP contribution is -2.59. The van der Waals surface area contributed by atoms with Gasteiger partial charge in [-0.15, -0.1) is 0 Å². The largest absolute Gasteiger partial charge is 0.459 e. The molecule has 3 atom stereocenters. The highest BCUT2D eigenvalue weighted by Crippen LogP contribution is 2.12. The standard InChI is InChI=1S/C27H43N3O6/c1-16(2)20(28-24(32)21(17(3)4)30-26(34)36-27(7,8)9)23(31)29-22(18(5)6)25(33)35-15-19-13-11-10-12-14-19/h10-14,16-18,20-22H,15H2,1-9H3,(H,28,32)(H,29,31)(H,30,34)/t20-,21-,22-/m0/s1. The second-order valence-corrected chi connectivity index (χ2v) is 10.9. The van der Waals surface area contributed by atoms with Gasteiger partial charge >= 0.3 is 12.1 Å². The van der Waals surface area contributed by atoms with Crippen molar-refractivity contribution in [3.63, 3.8) is 0 Å². The lowest BCUT2D eigenvalue weighted by atomic mass is 9.98. The predicted octanol–water partition coefficient (Wildman–Crippen LogP) is 3.56. The van der Waals surface area contributed by atoms with Crippen molar-refractivity contribution < 1.29 is 28.7 Å². The molecule has 0 fully saturated rings. The van der Waals surface area contributed by atoms with Gasteiger partial charge in [0.15, 0.2) is 0 Å². The first-order valence-corrected chi connectivity index (χ1v) is 12.4. The summed E-state index contributed by atoms with van der Waals surface area (Å²) in [4.78, 5) is 51.2. The number of hydrogen-bond acceptors (Lipinski definition) is 6. The van der Waals surface area contributed by atoms with Gasteiger partial charge in [0.1, 0.15) is 30.3 Å². The Morgan fingerprint density at radius 2 is 1.17 bits per heavy atom. The maximum Gasteiger partial charge on any atom is 0.408 e. The van der Waals surface area contributed by atoms with Crippen LogP contribution in [0.2, 0.25) is 0 Å². The van der Waals surface area contributed by atoms with E-state index in [0.29, 0.717) is 0 Å². The van der Waals surface area contributed by atoms with E-state index in [-0.39, 0.29) is 24.4 Å². The van der Waals surface area contributed by atoms with Crippen molar-refractivity contribution in [3.05, 3.63) is 35.9 Å². The molecule has 0 saturated carbocycles. The fourth-order valence-corrected chi connectivity index (χ4v) is 3.31. The summed E-state index contributed by atoms with van der Waals surface area (Å²) in [5.41, 5.74) is 0.118. The number of benzene rings is 1. The molecule has 1 aromatic rings. The fourth-order valence-electron chi connectivity index (χ4n) is 3.31. The molecule has 0 saturated heterocycles. The Bertz CT molecular complexity index is 877. The van der Waals surface area contributed by atoms with Gasteiger partial charge in [-0.05, 0) is 44.1 Å². The molecule has 0 spiro atoms. The Balaban J connectivity index is 2.90. The number of hydrogen-bond donors (Lipinski definition) is 3. The molecule has 0 heterocycles. The van der Waals surface area contributed by atoms with Crippen LogP contribution in [0.15, 0.2) is 30.3 Å². The lowest BCUT2D eigenvalue weighted by Gasteiger charge is -2.29. The van der Waals surface area contributed by atoms with Gasteiger partial charge in [0.2, 0.25) is 11.8 Å². The Hall–Kier alpha value is -3.10.